The highest BCUT2D eigenvalue weighted by Crippen LogP contribution is 2.37. The molecule has 1 saturated heterocycles. The Balaban J connectivity index is 1.38. The Morgan fingerprint density at radius 3 is 2.46 bits per heavy atom. The maximum atomic E-state index is 12.6. The molecule has 0 aromatic heterocycles. The molecule has 2 aliphatic rings. The van der Waals surface area contributed by atoms with Gasteiger partial charge < -0.3 is 14.2 Å². The predicted octanol–water partition coefficient (Wildman–Crippen LogP) is 2.54. The molecular formula is C19H29NO5S. The Bertz CT molecular complexity index is 648. The third-order valence-corrected chi connectivity index (χ3v) is 7.27. The van der Waals surface area contributed by atoms with Gasteiger partial charge in [0.15, 0.2) is 5.79 Å². The monoisotopic (exact) mass is 383 g/mol. The van der Waals surface area contributed by atoms with Crippen LogP contribution in [0.5, 0.6) is 0 Å². The number of nitrogens with zero attached hydrogens (tertiary/aromatic N) is 1. The zero-order chi connectivity index (χ0) is 18.5. The van der Waals surface area contributed by atoms with E-state index in [1.807, 2.05) is 30.3 Å². The maximum Gasteiger partial charge on any atom is 0.214 e. The van der Waals surface area contributed by atoms with Crippen LogP contribution in [0.15, 0.2) is 30.3 Å². The van der Waals surface area contributed by atoms with E-state index in [1.165, 1.54) is 0 Å². The first-order chi connectivity index (χ1) is 12.5. The topological polar surface area (TPSA) is 65.1 Å². The zero-order valence-electron chi connectivity index (χ0n) is 15.4. The standard InChI is InChI=1S/C19H29NO5S/c1-20(18-8-10-19(11-9-18)24-13-14-25-19)26(21,22)15-5-12-23-16-17-6-3-2-4-7-17/h2-4,6-7,18H,5,8-16H2,1H3. The van der Waals surface area contributed by atoms with Gasteiger partial charge in [-0.2, -0.15) is 0 Å². The molecule has 1 saturated carbocycles. The second kappa shape index (κ2) is 8.80. The van der Waals surface area contributed by atoms with Crippen LogP contribution in [0.2, 0.25) is 0 Å². The van der Waals surface area contributed by atoms with Gasteiger partial charge in [0.1, 0.15) is 0 Å². The fraction of sp³-hybridized carbons (Fsp3) is 0.684. The van der Waals surface area contributed by atoms with Crippen LogP contribution >= 0.6 is 0 Å². The number of hydrogen-bond donors (Lipinski definition) is 0. The molecule has 1 spiro atoms. The van der Waals surface area contributed by atoms with Crippen molar-refractivity contribution in [3.05, 3.63) is 35.9 Å². The average Bonchev–Trinajstić information content (AvgIpc) is 3.10. The van der Waals surface area contributed by atoms with Crippen molar-refractivity contribution >= 4 is 10.0 Å². The molecule has 26 heavy (non-hydrogen) atoms. The molecule has 7 heteroatoms. The molecule has 1 aromatic rings. The van der Waals surface area contributed by atoms with E-state index in [0.717, 1.165) is 31.2 Å². The average molecular weight is 384 g/mol. The van der Waals surface area contributed by atoms with E-state index >= 15 is 0 Å². The van der Waals surface area contributed by atoms with E-state index in [0.29, 0.717) is 32.8 Å². The Hall–Kier alpha value is -0.990. The van der Waals surface area contributed by atoms with Crippen LogP contribution < -0.4 is 0 Å². The lowest BCUT2D eigenvalue weighted by Gasteiger charge is -2.38. The Morgan fingerprint density at radius 1 is 1.15 bits per heavy atom. The summed E-state index contributed by atoms with van der Waals surface area (Å²) in [4.78, 5) is 0. The first kappa shape index (κ1) is 19.8. The van der Waals surface area contributed by atoms with Crippen molar-refractivity contribution in [1.29, 1.82) is 0 Å². The number of rotatable bonds is 8. The van der Waals surface area contributed by atoms with Crippen LogP contribution in [0.3, 0.4) is 0 Å². The summed E-state index contributed by atoms with van der Waals surface area (Å²) in [5.41, 5.74) is 1.10. The summed E-state index contributed by atoms with van der Waals surface area (Å²) in [6.07, 6.45) is 3.58. The van der Waals surface area contributed by atoms with E-state index in [9.17, 15) is 8.42 Å². The summed E-state index contributed by atoms with van der Waals surface area (Å²) >= 11 is 0. The first-order valence-corrected chi connectivity index (χ1v) is 11.0. The SMILES string of the molecule is CN(C1CCC2(CC1)OCCO2)S(=O)(=O)CCCOCc1ccccc1. The molecular weight excluding hydrogens is 354 g/mol. The molecule has 1 aromatic carbocycles. The summed E-state index contributed by atoms with van der Waals surface area (Å²) in [7, 11) is -1.57. The summed E-state index contributed by atoms with van der Waals surface area (Å²) in [5.74, 6) is -0.334. The Morgan fingerprint density at radius 2 is 1.81 bits per heavy atom. The van der Waals surface area contributed by atoms with Crippen LogP contribution in [-0.2, 0) is 30.8 Å². The minimum atomic E-state index is -3.27. The lowest BCUT2D eigenvalue weighted by atomic mass is 9.90. The van der Waals surface area contributed by atoms with E-state index in [1.54, 1.807) is 11.4 Å². The highest BCUT2D eigenvalue weighted by molar-refractivity contribution is 7.89. The van der Waals surface area contributed by atoms with Crippen LogP contribution in [0.25, 0.3) is 0 Å². The van der Waals surface area contributed by atoms with Gasteiger partial charge in [-0.15, -0.1) is 0 Å². The third-order valence-electron chi connectivity index (χ3n) is 5.29. The third kappa shape index (κ3) is 5.04. The summed E-state index contributed by atoms with van der Waals surface area (Å²) < 4.78 is 43.7. The van der Waals surface area contributed by atoms with Crippen molar-refractivity contribution in [2.75, 3.05) is 32.6 Å². The van der Waals surface area contributed by atoms with Gasteiger partial charge in [-0.25, -0.2) is 12.7 Å². The minimum absolute atomic E-state index is 0.0312. The zero-order valence-corrected chi connectivity index (χ0v) is 16.2. The van der Waals surface area contributed by atoms with Crippen molar-refractivity contribution in [3.8, 4) is 0 Å². The lowest BCUT2D eigenvalue weighted by molar-refractivity contribution is -0.181. The minimum Gasteiger partial charge on any atom is -0.377 e. The van der Waals surface area contributed by atoms with E-state index < -0.39 is 15.8 Å². The molecule has 1 aliphatic carbocycles. The molecule has 0 bridgehead atoms. The van der Waals surface area contributed by atoms with E-state index in [4.69, 9.17) is 14.2 Å². The lowest BCUT2D eigenvalue weighted by Crippen LogP contribution is -2.45. The number of ether oxygens (including phenoxy) is 3. The van der Waals surface area contributed by atoms with E-state index in [-0.39, 0.29) is 11.8 Å². The van der Waals surface area contributed by atoms with Gasteiger partial charge >= 0.3 is 0 Å². The van der Waals surface area contributed by atoms with Crippen molar-refractivity contribution < 1.29 is 22.6 Å². The van der Waals surface area contributed by atoms with Crippen molar-refractivity contribution in [3.63, 3.8) is 0 Å². The van der Waals surface area contributed by atoms with Gasteiger partial charge in [0.05, 0.1) is 25.6 Å². The van der Waals surface area contributed by atoms with Gasteiger partial charge in [-0.3, -0.25) is 0 Å². The van der Waals surface area contributed by atoms with Crippen LogP contribution in [0.4, 0.5) is 0 Å². The summed E-state index contributed by atoms with van der Waals surface area (Å²) in [6, 6.07) is 9.92. The quantitative estimate of drug-likeness (QED) is 0.646. The van der Waals surface area contributed by atoms with Crippen molar-refractivity contribution in [2.45, 2.75) is 50.5 Å². The molecule has 0 atom stereocenters. The van der Waals surface area contributed by atoms with Gasteiger partial charge in [-0.1, -0.05) is 30.3 Å². The summed E-state index contributed by atoms with van der Waals surface area (Å²) in [6.45, 7) is 2.24. The molecule has 0 amide bonds. The van der Waals surface area contributed by atoms with E-state index in [2.05, 4.69) is 0 Å². The Labute approximate surface area is 156 Å². The van der Waals surface area contributed by atoms with Gasteiger partial charge in [-0.05, 0) is 24.8 Å². The molecule has 3 rings (SSSR count). The fourth-order valence-electron chi connectivity index (χ4n) is 3.67. The van der Waals surface area contributed by atoms with Crippen molar-refractivity contribution in [1.82, 2.24) is 4.31 Å². The molecule has 0 radical (unpaired) electrons. The smallest absolute Gasteiger partial charge is 0.214 e. The van der Waals surface area contributed by atoms with Gasteiger partial charge in [0.25, 0.3) is 0 Å². The van der Waals surface area contributed by atoms with Gasteiger partial charge in [0.2, 0.25) is 10.0 Å². The van der Waals surface area contributed by atoms with Crippen molar-refractivity contribution in [2.24, 2.45) is 0 Å². The highest BCUT2D eigenvalue weighted by atomic mass is 32.2. The van der Waals surface area contributed by atoms with Gasteiger partial charge in [0, 0.05) is 32.5 Å². The number of hydrogen-bond acceptors (Lipinski definition) is 5. The maximum absolute atomic E-state index is 12.6. The Kier molecular flexibility index (Phi) is 6.69. The van der Waals surface area contributed by atoms with Crippen LogP contribution in [0, 0.1) is 0 Å². The number of sulfonamides is 1. The molecule has 1 aliphatic heterocycles. The molecule has 146 valence electrons. The van der Waals surface area contributed by atoms with Crippen LogP contribution in [0.1, 0.15) is 37.7 Å². The predicted molar refractivity (Wildman–Crippen MR) is 99.2 cm³/mol. The second-order valence-corrected chi connectivity index (χ2v) is 9.21. The molecule has 0 N–H and O–H groups in total. The molecule has 2 fully saturated rings. The normalized spacial score (nSPS) is 20.8. The molecule has 6 nitrogen and oxygen atoms in total. The van der Waals surface area contributed by atoms with Crippen LogP contribution in [-0.4, -0.2) is 57.2 Å². The summed E-state index contributed by atoms with van der Waals surface area (Å²) in [5, 5.41) is 0. The second-order valence-electron chi connectivity index (χ2n) is 7.06. The molecule has 0 unspecified atom stereocenters. The molecule has 1 heterocycles. The highest BCUT2D eigenvalue weighted by Gasteiger charge is 2.42. The number of benzene rings is 1. The first-order valence-electron chi connectivity index (χ1n) is 9.36. The largest absolute Gasteiger partial charge is 0.377 e. The fourth-order valence-corrected chi connectivity index (χ4v) is 5.11.